The quantitative estimate of drug-likeness (QED) is 0.743. The van der Waals surface area contributed by atoms with Gasteiger partial charge in [0.15, 0.2) is 6.61 Å². The van der Waals surface area contributed by atoms with Crippen LogP contribution in [-0.2, 0) is 4.79 Å². The number of fused-ring (bicyclic) bond motifs is 1. The van der Waals surface area contributed by atoms with Crippen LogP contribution in [0.4, 0.5) is 5.82 Å². The number of hydrogen-bond acceptors (Lipinski definition) is 3. The summed E-state index contributed by atoms with van der Waals surface area (Å²) in [5.74, 6) is 0.912. The van der Waals surface area contributed by atoms with E-state index in [2.05, 4.69) is 26.2 Å². The van der Waals surface area contributed by atoms with Gasteiger partial charge in [-0.05, 0) is 57.4 Å². The van der Waals surface area contributed by atoms with E-state index in [1.54, 1.807) is 6.20 Å². The standard InChI is InChI=1S/C18H15BrN2O2/c1-12-8-9-20-16(10-12)21-17(22)11-23-15-7-6-13-4-2-3-5-14(13)18(15)19/h2-10H,11H2,1H3,(H,20,21,22). The molecule has 1 amide bonds. The number of nitrogens with zero attached hydrogens (tertiary/aromatic N) is 1. The van der Waals surface area contributed by atoms with Gasteiger partial charge in [0, 0.05) is 6.20 Å². The summed E-state index contributed by atoms with van der Waals surface area (Å²) in [7, 11) is 0. The Bertz CT molecular complexity index is 865. The number of ether oxygens (including phenoxy) is 1. The van der Waals surface area contributed by atoms with E-state index in [0.29, 0.717) is 11.6 Å². The molecule has 4 nitrogen and oxygen atoms in total. The topological polar surface area (TPSA) is 51.2 Å². The number of pyridine rings is 1. The minimum atomic E-state index is -0.247. The highest BCUT2D eigenvalue weighted by molar-refractivity contribution is 9.10. The van der Waals surface area contributed by atoms with Gasteiger partial charge in [-0.2, -0.15) is 0 Å². The molecule has 3 rings (SSSR count). The zero-order chi connectivity index (χ0) is 16.2. The SMILES string of the molecule is Cc1ccnc(NC(=O)COc2ccc3ccccc3c2Br)c1. The van der Waals surface area contributed by atoms with Crippen molar-refractivity contribution in [1.29, 1.82) is 0 Å². The Balaban J connectivity index is 1.68. The number of halogens is 1. The van der Waals surface area contributed by atoms with Crippen LogP contribution in [0.5, 0.6) is 5.75 Å². The van der Waals surface area contributed by atoms with Gasteiger partial charge in [-0.25, -0.2) is 4.98 Å². The van der Waals surface area contributed by atoms with Gasteiger partial charge in [-0.1, -0.05) is 30.3 Å². The molecular formula is C18H15BrN2O2. The molecule has 0 saturated heterocycles. The van der Waals surface area contributed by atoms with Crippen molar-refractivity contribution in [2.75, 3.05) is 11.9 Å². The summed E-state index contributed by atoms with van der Waals surface area (Å²) in [5, 5.41) is 4.88. The highest BCUT2D eigenvalue weighted by Gasteiger charge is 2.09. The largest absolute Gasteiger partial charge is 0.483 e. The lowest BCUT2D eigenvalue weighted by molar-refractivity contribution is -0.118. The fourth-order valence-electron chi connectivity index (χ4n) is 2.25. The first kappa shape index (κ1) is 15.5. The van der Waals surface area contributed by atoms with Gasteiger partial charge in [0.25, 0.3) is 5.91 Å². The second-order valence-electron chi connectivity index (χ2n) is 5.15. The third-order valence-electron chi connectivity index (χ3n) is 3.37. The number of aryl methyl sites for hydroxylation is 1. The van der Waals surface area contributed by atoms with Crippen molar-refractivity contribution in [2.45, 2.75) is 6.92 Å². The maximum Gasteiger partial charge on any atom is 0.263 e. The van der Waals surface area contributed by atoms with Gasteiger partial charge < -0.3 is 10.1 Å². The number of amides is 1. The summed E-state index contributed by atoms with van der Waals surface area (Å²) in [4.78, 5) is 16.1. The Labute approximate surface area is 142 Å². The third kappa shape index (κ3) is 3.68. The fraction of sp³-hybridized carbons (Fsp3) is 0.111. The lowest BCUT2D eigenvalue weighted by Gasteiger charge is -2.10. The van der Waals surface area contributed by atoms with E-state index >= 15 is 0 Å². The summed E-state index contributed by atoms with van der Waals surface area (Å²) in [6.45, 7) is 1.87. The number of aromatic nitrogens is 1. The third-order valence-corrected chi connectivity index (χ3v) is 4.19. The molecule has 0 atom stereocenters. The van der Waals surface area contributed by atoms with Gasteiger partial charge in [0.05, 0.1) is 4.47 Å². The zero-order valence-electron chi connectivity index (χ0n) is 12.5. The van der Waals surface area contributed by atoms with Crippen molar-refractivity contribution in [3.8, 4) is 5.75 Å². The van der Waals surface area contributed by atoms with Crippen molar-refractivity contribution in [1.82, 2.24) is 4.98 Å². The van der Waals surface area contributed by atoms with Crippen molar-refractivity contribution in [3.05, 3.63) is 64.8 Å². The number of carbonyl (C=O) groups is 1. The average molecular weight is 371 g/mol. The molecule has 0 spiro atoms. The van der Waals surface area contributed by atoms with Crippen LogP contribution >= 0.6 is 15.9 Å². The Morgan fingerprint density at radius 1 is 1.22 bits per heavy atom. The average Bonchev–Trinajstić information content (AvgIpc) is 2.54. The maximum absolute atomic E-state index is 12.0. The molecule has 2 aromatic carbocycles. The first-order valence-electron chi connectivity index (χ1n) is 7.16. The van der Waals surface area contributed by atoms with Crippen LogP contribution in [0, 0.1) is 6.92 Å². The maximum atomic E-state index is 12.0. The second-order valence-corrected chi connectivity index (χ2v) is 5.95. The molecule has 1 aromatic heterocycles. The summed E-state index contributed by atoms with van der Waals surface area (Å²) in [6.07, 6.45) is 1.66. The van der Waals surface area contributed by atoms with Crippen molar-refractivity contribution in [2.24, 2.45) is 0 Å². The highest BCUT2D eigenvalue weighted by Crippen LogP contribution is 2.32. The zero-order valence-corrected chi connectivity index (χ0v) is 14.1. The molecule has 116 valence electrons. The first-order valence-corrected chi connectivity index (χ1v) is 7.95. The molecule has 0 radical (unpaired) electrons. The lowest BCUT2D eigenvalue weighted by atomic mass is 10.1. The van der Waals surface area contributed by atoms with E-state index in [0.717, 1.165) is 20.8 Å². The Morgan fingerprint density at radius 3 is 2.87 bits per heavy atom. The number of hydrogen-bond donors (Lipinski definition) is 1. The molecular weight excluding hydrogens is 356 g/mol. The molecule has 0 unspecified atom stereocenters. The molecule has 1 heterocycles. The number of nitrogens with one attached hydrogen (secondary N) is 1. The van der Waals surface area contributed by atoms with Gasteiger partial charge in [0.1, 0.15) is 11.6 Å². The first-order chi connectivity index (χ1) is 11.1. The van der Waals surface area contributed by atoms with Crippen LogP contribution in [0.3, 0.4) is 0 Å². The van der Waals surface area contributed by atoms with E-state index in [-0.39, 0.29) is 12.5 Å². The van der Waals surface area contributed by atoms with Gasteiger partial charge in [-0.15, -0.1) is 0 Å². The Kier molecular flexibility index (Phi) is 4.57. The van der Waals surface area contributed by atoms with E-state index in [1.807, 2.05) is 55.5 Å². The van der Waals surface area contributed by atoms with Crippen molar-refractivity contribution in [3.63, 3.8) is 0 Å². The Morgan fingerprint density at radius 2 is 2.04 bits per heavy atom. The molecule has 5 heteroatoms. The predicted molar refractivity (Wildman–Crippen MR) is 94.7 cm³/mol. The minimum absolute atomic E-state index is 0.0768. The molecule has 3 aromatic rings. The second kappa shape index (κ2) is 6.79. The van der Waals surface area contributed by atoms with Crippen LogP contribution in [-0.4, -0.2) is 17.5 Å². The van der Waals surface area contributed by atoms with E-state index in [1.165, 1.54) is 0 Å². The fourth-order valence-corrected chi connectivity index (χ4v) is 2.86. The summed E-state index contributed by atoms with van der Waals surface area (Å²) in [6, 6.07) is 15.5. The van der Waals surface area contributed by atoms with E-state index in [9.17, 15) is 4.79 Å². The molecule has 0 aliphatic carbocycles. The molecule has 0 aliphatic rings. The smallest absolute Gasteiger partial charge is 0.263 e. The molecule has 0 saturated carbocycles. The summed E-state index contributed by atoms with van der Waals surface area (Å²) >= 11 is 3.54. The monoisotopic (exact) mass is 370 g/mol. The normalized spacial score (nSPS) is 10.5. The minimum Gasteiger partial charge on any atom is -0.483 e. The Hall–Kier alpha value is -2.40. The number of benzene rings is 2. The lowest BCUT2D eigenvalue weighted by Crippen LogP contribution is -2.20. The predicted octanol–water partition coefficient (Wildman–Crippen LogP) is 4.32. The summed E-state index contributed by atoms with van der Waals surface area (Å²) in [5.41, 5.74) is 1.04. The highest BCUT2D eigenvalue weighted by atomic mass is 79.9. The van der Waals surface area contributed by atoms with Crippen LogP contribution in [0.2, 0.25) is 0 Å². The van der Waals surface area contributed by atoms with Crippen molar-refractivity contribution >= 4 is 38.4 Å². The van der Waals surface area contributed by atoms with Gasteiger partial charge in [0.2, 0.25) is 0 Å². The van der Waals surface area contributed by atoms with E-state index < -0.39 is 0 Å². The molecule has 23 heavy (non-hydrogen) atoms. The van der Waals surface area contributed by atoms with E-state index in [4.69, 9.17) is 4.74 Å². The van der Waals surface area contributed by atoms with Gasteiger partial charge >= 0.3 is 0 Å². The van der Waals surface area contributed by atoms with Crippen LogP contribution in [0.1, 0.15) is 5.56 Å². The molecule has 0 aliphatic heterocycles. The molecule has 0 bridgehead atoms. The molecule has 1 N–H and O–H groups in total. The number of rotatable bonds is 4. The van der Waals surface area contributed by atoms with Crippen LogP contribution in [0.25, 0.3) is 10.8 Å². The number of anilines is 1. The van der Waals surface area contributed by atoms with Gasteiger partial charge in [-0.3, -0.25) is 4.79 Å². The van der Waals surface area contributed by atoms with Crippen LogP contribution in [0.15, 0.2) is 59.2 Å². The summed E-state index contributed by atoms with van der Waals surface area (Å²) < 4.78 is 6.47. The van der Waals surface area contributed by atoms with Crippen molar-refractivity contribution < 1.29 is 9.53 Å². The number of carbonyl (C=O) groups excluding carboxylic acids is 1. The van der Waals surface area contributed by atoms with Crippen LogP contribution < -0.4 is 10.1 Å². The molecule has 0 fully saturated rings.